The van der Waals surface area contributed by atoms with Gasteiger partial charge < -0.3 is 10.3 Å². The van der Waals surface area contributed by atoms with Crippen molar-refractivity contribution < 1.29 is 13.0 Å². The number of benzene rings is 1. The quantitative estimate of drug-likeness (QED) is 0.714. The van der Waals surface area contributed by atoms with Crippen molar-refractivity contribution in [3.8, 4) is 0 Å². The van der Waals surface area contributed by atoms with E-state index in [9.17, 15) is 8.42 Å². The molecule has 0 unspecified atom stereocenters. The van der Waals surface area contributed by atoms with Gasteiger partial charge in [-0.15, -0.1) is 0 Å². The summed E-state index contributed by atoms with van der Waals surface area (Å²) in [6, 6.07) is 5.35. The van der Waals surface area contributed by atoms with Gasteiger partial charge in [0, 0.05) is 17.1 Å². The third-order valence-corrected chi connectivity index (χ3v) is 3.52. The second-order valence-corrected chi connectivity index (χ2v) is 5.73. The Morgan fingerprint density at radius 2 is 2.17 bits per heavy atom. The van der Waals surface area contributed by atoms with Gasteiger partial charge in [-0.25, -0.2) is 0 Å². The average molecular weight is 268 g/mol. The van der Waals surface area contributed by atoms with Crippen molar-refractivity contribution in [1.29, 1.82) is 0 Å². The number of H-pyrrole nitrogens is 1. The summed E-state index contributed by atoms with van der Waals surface area (Å²) in [5.41, 5.74) is 2.70. The van der Waals surface area contributed by atoms with Crippen LogP contribution >= 0.6 is 0 Å². The third-order valence-electron chi connectivity index (χ3n) is 2.83. The van der Waals surface area contributed by atoms with Crippen LogP contribution in [0.3, 0.4) is 0 Å². The Kier molecular flexibility index (Phi) is 3.70. The fraction of sp³-hybridized carbons (Fsp3) is 0.333. The van der Waals surface area contributed by atoms with Gasteiger partial charge in [-0.3, -0.25) is 4.55 Å². The molecule has 1 aromatic heterocycles. The molecule has 98 valence electrons. The van der Waals surface area contributed by atoms with Crippen LogP contribution < -0.4 is 5.32 Å². The van der Waals surface area contributed by atoms with E-state index in [1.165, 1.54) is 0 Å². The van der Waals surface area contributed by atoms with Crippen LogP contribution in [0.1, 0.15) is 11.1 Å². The molecule has 0 atom stereocenters. The number of aromatic amines is 1. The lowest BCUT2D eigenvalue weighted by atomic mass is 10.1. The maximum Gasteiger partial charge on any atom is 0.269 e. The van der Waals surface area contributed by atoms with Crippen molar-refractivity contribution in [2.24, 2.45) is 0 Å². The van der Waals surface area contributed by atoms with Gasteiger partial charge in [0.15, 0.2) is 0 Å². The normalized spacial score (nSPS) is 12.1. The molecule has 1 aromatic carbocycles. The Labute approximate surface area is 106 Å². The van der Waals surface area contributed by atoms with Crippen LogP contribution in [0.25, 0.3) is 10.9 Å². The van der Waals surface area contributed by atoms with Crippen LogP contribution in [-0.4, -0.2) is 31.5 Å². The lowest BCUT2D eigenvalue weighted by molar-refractivity contribution is 0.482. The highest BCUT2D eigenvalue weighted by Gasteiger charge is 2.09. The van der Waals surface area contributed by atoms with E-state index < -0.39 is 10.1 Å². The van der Waals surface area contributed by atoms with Crippen molar-refractivity contribution in [1.82, 2.24) is 10.3 Å². The molecule has 0 aliphatic rings. The highest BCUT2D eigenvalue weighted by atomic mass is 32.2. The maximum atomic E-state index is 10.9. The molecule has 3 N–H and O–H groups in total. The molecular weight excluding hydrogens is 252 g/mol. The fourth-order valence-electron chi connectivity index (χ4n) is 1.99. The smallest absolute Gasteiger partial charge is 0.269 e. The SMILES string of the molecule is CNCCc1c[nH]c2ccc(CS(=O)(=O)O)cc12. The van der Waals surface area contributed by atoms with Gasteiger partial charge in [0.25, 0.3) is 10.1 Å². The molecule has 0 saturated heterocycles. The largest absolute Gasteiger partial charge is 0.361 e. The summed E-state index contributed by atoms with van der Waals surface area (Å²) in [4.78, 5) is 3.15. The fourth-order valence-corrected chi connectivity index (χ4v) is 2.59. The standard InChI is InChI=1S/C12H16N2O3S/c1-13-5-4-10-7-14-12-3-2-9(6-11(10)12)8-18(15,16)17/h2-3,6-7,13-14H,4-5,8H2,1H3,(H,15,16,17). The molecular formula is C12H16N2O3S. The lowest BCUT2D eigenvalue weighted by Crippen LogP contribution is -2.09. The molecule has 2 rings (SSSR count). The van der Waals surface area contributed by atoms with E-state index in [0.29, 0.717) is 5.56 Å². The monoisotopic (exact) mass is 268 g/mol. The number of fused-ring (bicyclic) bond motifs is 1. The summed E-state index contributed by atoms with van der Waals surface area (Å²) in [5, 5.41) is 4.08. The molecule has 0 amide bonds. The first-order valence-electron chi connectivity index (χ1n) is 5.68. The molecule has 2 aromatic rings. The molecule has 0 spiro atoms. The van der Waals surface area contributed by atoms with E-state index in [1.54, 1.807) is 6.07 Å². The molecule has 0 aliphatic heterocycles. The third kappa shape index (κ3) is 3.10. The summed E-state index contributed by atoms with van der Waals surface area (Å²) in [7, 11) is -2.09. The van der Waals surface area contributed by atoms with Gasteiger partial charge in [-0.2, -0.15) is 8.42 Å². The Morgan fingerprint density at radius 1 is 1.39 bits per heavy atom. The number of likely N-dealkylation sites (N-methyl/N-ethyl adjacent to an activating group) is 1. The molecule has 0 bridgehead atoms. The minimum Gasteiger partial charge on any atom is -0.361 e. The van der Waals surface area contributed by atoms with E-state index >= 15 is 0 Å². The summed E-state index contributed by atoms with van der Waals surface area (Å²) in [5.74, 6) is -0.348. The molecule has 0 aliphatic carbocycles. The Balaban J connectivity index is 2.36. The number of rotatable bonds is 5. The van der Waals surface area contributed by atoms with Gasteiger partial charge in [0.2, 0.25) is 0 Å². The van der Waals surface area contributed by atoms with E-state index in [2.05, 4.69) is 10.3 Å². The van der Waals surface area contributed by atoms with Crippen LogP contribution in [0.4, 0.5) is 0 Å². The zero-order chi connectivity index (χ0) is 13.2. The van der Waals surface area contributed by atoms with E-state index in [4.69, 9.17) is 4.55 Å². The van der Waals surface area contributed by atoms with Crippen molar-refractivity contribution >= 4 is 21.0 Å². The zero-order valence-corrected chi connectivity index (χ0v) is 10.9. The predicted octanol–water partition coefficient (Wildman–Crippen LogP) is 1.32. The Hall–Kier alpha value is -1.37. The van der Waals surface area contributed by atoms with Crippen LogP contribution in [-0.2, 0) is 22.3 Å². The second kappa shape index (κ2) is 5.09. The number of hydrogen-bond acceptors (Lipinski definition) is 3. The highest BCUT2D eigenvalue weighted by molar-refractivity contribution is 7.85. The molecule has 0 radical (unpaired) electrons. The van der Waals surface area contributed by atoms with Gasteiger partial charge in [-0.1, -0.05) is 6.07 Å². The summed E-state index contributed by atoms with van der Waals surface area (Å²) < 4.78 is 30.6. The first kappa shape index (κ1) is 13.1. The summed E-state index contributed by atoms with van der Waals surface area (Å²) in [6.07, 6.45) is 2.80. The van der Waals surface area contributed by atoms with Crippen molar-refractivity contribution in [3.63, 3.8) is 0 Å². The minimum atomic E-state index is -3.98. The van der Waals surface area contributed by atoms with Crippen molar-refractivity contribution in [3.05, 3.63) is 35.5 Å². The van der Waals surface area contributed by atoms with Crippen LogP contribution in [0, 0.1) is 0 Å². The van der Waals surface area contributed by atoms with Gasteiger partial charge >= 0.3 is 0 Å². The molecule has 1 heterocycles. The second-order valence-electron chi connectivity index (χ2n) is 4.27. The average Bonchev–Trinajstić information content (AvgIpc) is 2.67. The van der Waals surface area contributed by atoms with E-state index in [1.807, 2.05) is 25.4 Å². The van der Waals surface area contributed by atoms with Crippen LogP contribution in [0.2, 0.25) is 0 Å². The minimum absolute atomic E-state index is 0.348. The summed E-state index contributed by atoms with van der Waals surface area (Å²) >= 11 is 0. The van der Waals surface area contributed by atoms with E-state index in [0.717, 1.165) is 29.4 Å². The zero-order valence-electron chi connectivity index (χ0n) is 10.1. The number of nitrogens with one attached hydrogen (secondary N) is 2. The molecule has 0 saturated carbocycles. The Morgan fingerprint density at radius 3 is 2.83 bits per heavy atom. The van der Waals surface area contributed by atoms with Crippen molar-refractivity contribution in [2.45, 2.75) is 12.2 Å². The lowest BCUT2D eigenvalue weighted by Gasteiger charge is -2.02. The molecule has 0 fully saturated rings. The van der Waals surface area contributed by atoms with Gasteiger partial charge in [0.1, 0.15) is 5.75 Å². The number of hydrogen-bond donors (Lipinski definition) is 3. The molecule has 18 heavy (non-hydrogen) atoms. The topological polar surface area (TPSA) is 82.2 Å². The van der Waals surface area contributed by atoms with Crippen molar-refractivity contribution in [2.75, 3.05) is 13.6 Å². The summed E-state index contributed by atoms with van der Waals surface area (Å²) in [6.45, 7) is 0.857. The molecule has 5 nitrogen and oxygen atoms in total. The number of aromatic nitrogens is 1. The van der Waals surface area contributed by atoms with Gasteiger partial charge in [0.05, 0.1) is 0 Å². The first-order valence-corrected chi connectivity index (χ1v) is 7.29. The first-order chi connectivity index (χ1) is 8.49. The van der Waals surface area contributed by atoms with E-state index in [-0.39, 0.29) is 5.75 Å². The van der Waals surface area contributed by atoms with Gasteiger partial charge in [-0.05, 0) is 43.3 Å². The maximum absolute atomic E-state index is 10.9. The van der Waals surface area contributed by atoms with Crippen LogP contribution in [0.15, 0.2) is 24.4 Å². The molecule has 6 heteroatoms. The predicted molar refractivity (Wildman–Crippen MR) is 71.2 cm³/mol. The highest BCUT2D eigenvalue weighted by Crippen LogP contribution is 2.21. The Bertz CT molecular complexity index is 646. The van der Waals surface area contributed by atoms with Crippen LogP contribution in [0.5, 0.6) is 0 Å².